The van der Waals surface area contributed by atoms with E-state index in [9.17, 15) is 18.0 Å². The Morgan fingerprint density at radius 3 is 2.88 bits per heavy atom. The summed E-state index contributed by atoms with van der Waals surface area (Å²) in [5.41, 5.74) is -0.170. The van der Waals surface area contributed by atoms with Crippen LogP contribution in [0.5, 0.6) is 0 Å². The molecule has 0 fully saturated rings. The zero-order chi connectivity index (χ0) is 12.5. The molecule has 0 saturated carbocycles. The van der Waals surface area contributed by atoms with Crippen molar-refractivity contribution in [3.05, 3.63) is 36.2 Å². The lowest BCUT2D eigenvalue weighted by molar-refractivity contribution is -0.303. The number of carbonyl (C=O) groups is 1. The molecule has 0 aromatic heterocycles. The number of esters is 1. The summed E-state index contributed by atoms with van der Waals surface area (Å²) in [6, 6.07) is 0. The number of aliphatic imine (C=N–C) groups is 1. The molecule has 4 nitrogen and oxygen atoms in total. The molecule has 90 valence electrons. The summed E-state index contributed by atoms with van der Waals surface area (Å²) in [7, 11) is 0. The maximum atomic E-state index is 11.9. The topological polar surface area (TPSA) is 41.9 Å². The van der Waals surface area contributed by atoms with Gasteiger partial charge in [-0.3, -0.25) is 0 Å². The Kier molecular flexibility index (Phi) is 2.74. The molecule has 2 heterocycles. The molecule has 0 spiro atoms. The van der Waals surface area contributed by atoms with E-state index in [0.717, 1.165) is 0 Å². The summed E-state index contributed by atoms with van der Waals surface area (Å²) in [5, 5.41) is 0. The predicted molar refractivity (Wildman–Crippen MR) is 52.7 cm³/mol. The average molecular weight is 244 g/mol. The lowest BCUT2D eigenvalue weighted by Crippen LogP contribution is -2.30. The maximum absolute atomic E-state index is 11.9. The number of carbonyl (C=O) groups excluding carboxylic acids is 1. The summed E-state index contributed by atoms with van der Waals surface area (Å²) in [4.78, 5) is 16.7. The van der Waals surface area contributed by atoms with Crippen molar-refractivity contribution < 1.29 is 22.7 Å². The molecule has 0 aromatic rings. The van der Waals surface area contributed by atoms with Gasteiger partial charge >= 0.3 is 12.3 Å². The molecule has 0 radical (unpaired) electrons. The van der Waals surface area contributed by atoms with Gasteiger partial charge in [0.05, 0.1) is 5.57 Å². The van der Waals surface area contributed by atoms with Crippen LogP contribution in [0.1, 0.15) is 0 Å². The molecule has 0 atom stereocenters. The van der Waals surface area contributed by atoms with Crippen LogP contribution in [0, 0.1) is 0 Å². The summed E-state index contributed by atoms with van der Waals surface area (Å²) in [5.74, 6) is -0.863. The van der Waals surface area contributed by atoms with Crippen molar-refractivity contribution in [2.45, 2.75) is 6.36 Å². The Balaban J connectivity index is 2.12. The Hall–Kier alpha value is -2.05. The molecule has 17 heavy (non-hydrogen) atoms. The minimum Gasteiger partial charge on any atom is -0.369 e. The highest BCUT2D eigenvalue weighted by Crippen LogP contribution is 2.21. The summed E-state index contributed by atoms with van der Waals surface area (Å²) in [6.45, 7) is 0.450. The van der Waals surface area contributed by atoms with E-state index in [2.05, 4.69) is 9.73 Å². The van der Waals surface area contributed by atoms with Crippen LogP contribution in [0.25, 0.3) is 0 Å². The van der Waals surface area contributed by atoms with Crippen LogP contribution < -0.4 is 0 Å². The highest BCUT2D eigenvalue weighted by atomic mass is 19.4. The lowest BCUT2D eigenvalue weighted by Gasteiger charge is -2.24. The van der Waals surface area contributed by atoms with Gasteiger partial charge in [0.2, 0.25) is 0 Å². The first-order chi connectivity index (χ1) is 7.96. The highest BCUT2D eigenvalue weighted by Gasteiger charge is 2.35. The van der Waals surface area contributed by atoms with E-state index < -0.39 is 12.3 Å². The maximum Gasteiger partial charge on any atom is 0.575 e. The van der Waals surface area contributed by atoms with Gasteiger partial charge in [-0.1, -0.05) is 0 Å². The number of hydrogen-bond donors (Lipinski definition) is 0. The number of rotatable bonds is 1. The SMILES string of the molecule is O=C(OC(F)(F)F)C1=CN2CC=CN=C2C=C1. The average Bonchev–Trinajstić information content (AvgIpc) is 2.26. The van der Waals surface area contributed by atoms with Crippen LogP contribution in [0.3, 0.4) is 0 Å². The first-order valence-corrected chi connectivity index (χ1v) is 4.65. The Labute approximate surface area is 94.4 Å². The molecule has 0 saturated heterocycles. The molecule has 0 amide bonds. The van der Waals surface area contributed by atoms with Crippen LogP contribution in [0.4, 0.5) is 13.2 Å². The third-order valence-electron chi connectivity index (χ3n) is 2.06. The van der Waals surface area contributed by atoms with Crippen molar-refractivity contribution in [2.75, 3.05) is 6.54 Å². The number of nitrogens with zero attached hydrogens (tertiary/aromatic N) is 2. The number of halogens is 3. The minimum absolute atomic E-state index is 0.170. The van der Waals surface area contributed by atoms with Gasteiger partial charge in [0.1, 0.15) is 5.84 Å². The van der Waals surface area contributed by atoms with Crippen LogP contribution in [-0.4, -0.2) is 29.6 Å². The molecule has 0 aliphatic carbocycles. The highest BCUT2D eigenvalue weighted by molar-refractivity contribution is 6.01. The first kappa shape index (κ1) is 11.4. The van der Waals surface area contributed by atoms with Crippen molar-refractivity contribution >= 4 is 11.8 Å². The Morgan fingerprint density at radius 1 is 1.41 bits per heavy atom. The van der Waals surface area contributed by atoms with Gasteiger partial charge in [-0.05, 0) is 18.2 Å². The second kappa shape index (κ2) is 4.08. The van der Waals surface area contributed by atoms with E-state index in [1.165, 1.54) is 18.4 Å². The fourth-order valence-corrected chi connectivity index (χ4v) is 1.38. The van der Waals surface area contributed by atoms with Crippen LogP contribution >= 0.6 is 0 Å². The number of amidine groups is 1. The largest absolute Gasteiger partial charge is 0.575 e. The summed E-state index contributed by atoms with van der Waals surface area (Å²) in [6.07, 6.45) is 2.30. The van der Waals surface area contributed by atoms with Gasteiger partial charge in [0.25, 0.3) is 0 Å². The quantitative estimate of drug-likeness (QED) is 0.659. The fraction of sp³-hybridized carbons (Fsp3) is 0.200. The van der Waals surface area contributed by atoms with E-state index >= 15 is 0 Å². The monoisotopic (exact) mass is 244 g/mol. The zero-order valence-corrected chi connectivity index (χ0v) is 8.44. The van der Waals surface area contributed by atoms with Crippen LogP contribution in [0.2, 0.25) is 0 Å². The smallest absolute Gasteiger partial charge is 0.369 e. The van der Waals surface area contributed by atoms with Gasteiger partial charge in [-0.15, -0.1) is 13.2 Å². The van der Waals surface area contributed by atoms with Gasteiger partial charge in [0.15, 0.2) is 0 Å². The molecule has 0 N–H and O–H groups in total. The lowest BCUT2D eigenvalue weighted by atomic mass is 10.2. The first-order valence-electron chi connectivity index (χ1n) is 4.65. The number of fused-ring (bicyclic) bond motifs is 1. The molecule has 0 aromatic carbocycles. The van der Waals surface area contributed by atoms with Crippen molar-refractivity contribution in [3.8, 4) is 0 Å². The Morgan fingerprint density at radius 2 is 2.18 bits per heavy atom. The van der Waals surface area contributed by atoms with Crippen molar-refractivity contribution in [1.82, 2.24) is 4.90 Å². The molecule has 0 unspecified atom stereocenters. The number of ether oxygens (including phenoxy) is 1. The third-order valence-corrected chi connectivity index (χ3v) is 2.06. The van der Waals surface area contributed by atoms with E-state index in [-0.39, 0.29) is 5.57 Å². The van der Waals surface area contributed by atoms with E-state index in [0.29, 0.717) is 12.4 Å². The standard InChI is InChI=1S/C10H7F3N2O2/c11-10(12,13)17-9(16)7-2-3-8-14-4-1-5-15(8)6-7/h1-4,6H,5H2. The molecule has 7 heteroatoms. The fourth-order valence-electron chi connectivity index (χ4n) is 1.38. The molecular weight excluding hydrogens is 237 g/mol. The molecular formula is C10H7F3N2O2. The van der Waals surface area contributed by atoms with Crippen LogP contribution in [-0.2, 0) is 9.53 Å². The zero-order valence-electron chi connectivity index (χ0n) is 8.44. The van der Waals surface area contributed by atoms with Gasteiger partial charge < -0.3 is 9.64 Å². The number of alkyl halides is 3. The number of hydrogen-bond acceptors (Lipinski definition) is 4. The second-order valence-electron chi connectivity index (χ2n) is 3.28. The van der Waals surface area contributed by atoms with Gasteiger partial charge in [-0.2, -0.15) is 0 Å². The molecule has 0 bridgehead atoms. The van der Waals surface area contributed by atoms with E-state index in [4.69, 9.17) is 0 Å². The Bertz CT molecular complexity index is 461. The van der Waals surface area contributed by atoms with E-state index in [1.807, 2.05) is 0 Å². The molecule has 2 rings (SSSR count). The van der Waals surface area contributed by atoms with Crippen LogP contribution in [0.15, 0.2) is 41.2 Å². The van der Waals surface area contributed by atoms with Gasteiger partial charge in [0, 0.05) is 18.9 Å². The normalized spacial score (nSPS) is 18.4. The molecule has 2 aliphatic heterocycles. The van der Waals surface area contributed by atoms with Gasteiger partial charge in [-0.25, -0.2) is 9.79 Å². The summed E-state index contributed by atoms with van der Waals surface area (Å²) < 4.78 is 38.9. The molecule has 2 aliphatic rings. The summed E-state index contributed by atoms with van der Waals surface area (Å²) >= 11 is 0. The van der Waals surface area contributed by atoms with E-state index in [1.54, 1.807) is 17.2 Å². The second-order valence-corrected chi connectivity index (χ2v) is 3.28. The van der Waals surface area contributed by atoms with Crippen molar-refractivity contribution in [1.29, 1.82) is 0 Å². The minimum atomic E-state index is -4.97. The van der Waals surface area contributed by atoms with Crippen molar-refractivity contribution in [2.24, 2.45) is 4.99 Å². The van der Waals surface area contributed by atoms with Crippen molar-refractivity contribution in [3.63, 3.8) is 0 Å². The predicted octanol–water partition coefficient (Wildman–Crippen LogP) is 1.73. The third kappa shape index (κ3) is 2.74.